The second-order valence-corrected chi connectivity index (χ2v) is 2.23. The lowest BCUT2D eigenvalue weighted by Crippen LogP contribution is -1.90. The molecule has 1 aromatic carbocycles. The van der Waals surface area contributed by atoms with E-state index in [4.69, 9.17) is 10.4 Å². The fourth-order valence-corrected chi connectivity index (χ4v) is 0.844. The molecule has 0 bridgehead atoms. The summed E-state index contributed by atoms with van der Waals surface area (Å²) in [5.41, 5.74) is -0.130. The number of hydrogen-bond acceptors (Lipinski definition) is 2. The molecular weight excluding hydrogens is 164 g/mol. The maximum absolute atomic E-state index is 12.8. The molecule has 0 spiro atoms. The minimum atomic E-state index is -0.932. The van der Waals surface area contributed by atoms with Crippen LogP contribution >= 0.6 is 0 Å². The molecule has 0 unspecified atom stereocenters. The molecule has 1 rings (SSSR count). The van der Waals surface area contributed by atoms with Crippen molar-refractivity contribution in [3.8, 4) is 11.8 Å². The normalized spacial score (nSPS) is 9.42. The van der Waals surface area contributed by atoms with Crippen molar-refractivity contribution in [3.63, 3.8) is 0 Å². The highest BCUT2D eigenvalue weighted by molar-refractivity contribution is 5.32. The number of nitrogens with zero attached hydrogens (tertiary/aromatic N) is 1. The van der Waals surface area contributed by atoms with Crippen LogP contribution in [0.3, 0.4) is 0 Å². The predicted molar refractivity (Wildman–Crippen MR) is 37.3 cm³/mol. The van der Waals surface area contributed by atoms with Gasteiger partial charge < -0.3 is 5.11 Å². The lowest BCUT2D eigenvalue weighted by molar-refractivity contribution is 0.423. The van der Waals surface area contributed by atoms with Gasteiger partial charge in [-0.2, -0.15) is 5.26 Å². The monoisotopic (exact) mass is 169 g/mol. The van der Waals surface area contributed by atoms with E-state index in [0.717, 1.165) is 6.07 Å². The van der Waals surface area contributed by atoms with E-state index in [1.54, 1.807) is 6.07 Å². The summed E-state index contributed by atoms with van der Waals surface area (Å²) in [4.78, 5) is 0. The van der Waals surface area contributed by atoms with Crippen molar-refractivity contribution in [1.29, 1.82) is 5.26 Å². The highest BCUT2D eigenvalue weighted by Crippen LogP contribution is 2.20. The van der Waals surface area contributed by atoms with Gasteiger partial charge in [-0.05, 0) is 6.07 Å². The molecule has 0 aliphatic heterocycles. The molecule has 0 saturated carbocycles. The molecule has 12 heavy (non-hydrogen) atoms. The van der Waals surface area contributed by atoms with Gasteiger partial charge in [0.25, 0.3) is 0 Å². The topological polar surface area (TPSA) is 44.0 Å². The third-order valence-corrected chi connectivity index (χ3v) is 1.36. The third kappa shape index (κ3) is 1.51. The summed E-state index contributed by atoms with van der Waals surface area (Å²) in [5, 5.41) is 17.0. The molecule has 0 aliphatic carbocycles. The van der Waals surface area contributed by atoms with Crippen molar-refractivity contribution < 1.29 is 13.9 Å². The van der Waals surface area contributed by atoms with Gasteiger partial charge in [0.1, 0.15) is 5.82 Å². The standard InChI is InChI=1S/C8H5F2NO/c9-6-3-5(1-2-11)8(10)7(12)4-6/h3-4,12H,1H2. The van der Waals surface area contributed by atoms with Crippen molar-refractivity contribution in [2.24, 2.45) is 0 Å². The van der Waals surface area contributed by atoms with E-state index in [1.165, 1.54) is 0 Å². The first-order valence-electron chi connectivity index (χ1n) is 3.19. The Labute approximate surface area is 67.7 Å². The number of phenolic OH excluding ortho intramolecular Hbond substituents is 1. The van der Waals surface area contributed by atoms with Crippen molar-refractivity contribution in [2.45, 2.75) is 6.42 Å². The smallest absolute Gasteiger partial charge is 0.169 e. The summed E-state index contributed by atoms with van der Waals surface area (Å²) in [6.07, 6.45) is -0.253. The van der Waals surface area contributed by atoms with Gasteiger partial charge in [0.05, 0.1) is 12.5 Å². The van der Waals surface area contributed by atoms with E-state index >= 15 is 0 Å². The molecule has 1 N–H and O–H groups in total. The Bertz CT molecular complexity index is 344. The molecule has 0 aromatic heterocycles. The average molecular weight is 169 g/mol. The molecule has 1 aromatic rings. The minimum Gasteiger partial charge on any atom is -0.505 e. The number of nitriles is 1. The van der Waals surface area contributed by atoms with Gasteiger partial charge in [-0.3, -0.25) is 0 Å². The van der Waals surface area contributed by atoms with E-state index in [0.29, 0.717) is 6.07 Å². The van der Waals surface area contributed by atoms with E-state index in [9.17, 15) is 8.78 Å². The zero-order valence-electron chi connectivity index (χ0n) is 6.01. The minimum absolute atomic E-state index is 0.130. The molecule has 0 aliphatic rings. The second-order valence-electron chi connectivity index (χ2n) is 2.23. The number of aromatic hydroxyl groups is 1. The summed E-state index contributed by atoms with van der Waals surface area (Å²) in [5.74, 6) is -2.45. The number of halogens is 2. The van der Waals surface area contributed by atoms with Crippen molar-refractivity contribution >= 4 is 0 Å². The second kappa shape index (κ2) is 3.18. The van der Waals surface area contributed by atoms with E-state index in [2.05, 4.69) is 0 Å². The zero-order chi connectivity index (χ0) is 9.14. The third-order valence-electron chi connectivity index (χ3n) is 1.36. The molecule has 0 atom stereocenters. The Morgan fingerprint density at radius 1 is 1.42 bits per heavy atom. The van der Waals surface area contributed by atoms with Crippen LogP contribution in [-0.4, -0.2) is 5.11 Å². The Morgan fingerprint density at radius 3 is 2.67 bits per heavy atom. The lowest BCUT2D eigenvalue weighted by Gasteiger charge is -2.00. The van der Waals surface area contributed by atoms with Crippen LogP contribution in [0.5, 0.6) is 5.75 Å². The van der Waals surface area contributed by atoms with Gasteiger partial charge in [0, 0.05) is 11.6 Å². The maximum Gasteiger partial charge on any atom is 0.169 e. The van der Waals surface area contributed by atoms with Gasteiger partial charge in [-0.15, -0.1) is 0 Å². The van der Waals surface area contributed by atoms with E-state index in [1.807, 2.05) is 0 Å². The largest absolute Gasteiger partial charge is 0.505 e. The van der Waals surface area contributed by atoms with Crippen LogP contribution < -0.4 is 0 Å². The molecule has 2 nitrogen and oxygen atoms in total. The van der Waals surface area contributed by atoms with Crippen LogP contribution in [0.15, 0.2) is 12.1 Å². The molecule has 0 saturated heterocycles. The van der Waals surface area contributed by atoms with Gasteiger partial charge in [0.15, 0.2) is 11.6 Å². The highest BCUT2D eigenvalue weighted by atomic mass is 19.1. The van der Waals surface area contributed by atoms with Crippen LogP contribution in [0.2, 0.25) is 0 Å². The Kier molecular flexibility index (Phi) is 2.24. The van der Waals surface area contributed by atoms with Crippen LogP contribution in [0, 0.1) is 23.0 Å². The molecule has 62 valence electrons. The van der Waals surface area contributed by atoms with Gasteiger partial charge in [-0.25, -0.2) is 8.78 Å². The van der Waals surface area contributed by atoms with Crippen molar-refractivity contribution in [3.05, 3.63) is 29.3 Å². The Balaban J connectivity index is 3.20. The fourth-order valence-electron chi connectivity index (χ4n) is 0.844. The molecule has 0 heterocycles. The summed E-state index contributed by atoms with van der Waals surface area (Å²) < 4.78 is 25.3. The van der Waals surface area contributed by atoms with Gasteiger partial charge in [0.2, 0.25) is 0 Å². The first-order valence-corrected chi connectivity index (χ1v) is 3.19. The first-order chi connectivity index (χ1) is 5.65. The van der Waals surface area contributed by atoms with Crippen LogP contribution in [0.4, 0.5) is 8.78 Å². The van der Waals surface area contributed by atoms with E-state index in [-0.39, 0.29) is 12.0 Å². The predicted octanol–water partition coefficient (Wildman–Crippen LogP) is 1.74. The summed E-state index contributed by atoms with van der Waals surface area (Å²) in [6.45, 7) is 0. The quantitative estimate of drug-likeness (QED) is 0.695. The van der Waals surface area contributed by atoms with Crippen LogP contribution in [-0.2, 0) is 6.42 Å². The van der Waals surface area contributed by atoms with E-state index < -0.39 is 17.4 Å². The summed E-state index contributed by atoms with van der Waals surface area (Å²) in [7, 11) is 0. The zero-order valence-corrected chi connectivity index (χ0v) is 6.01. The molecule has 0 fully saturated rings. The lowest BCUT2D eigenvalue weighted by atomic mass is 10.1. The highest BCUT2D eigenvalue weighted by Gasteiger charge is 2.09. The SMILES string of the molecule is N#CCc1cc(F)cc(O)c1F. The molecule has 4 heteroatoms. The maximum atomic E-state index is 12.8. The van der Waals surface area contributed by atoms with Crippen LogP contribution in [0.25, 0.3) is 0 Å². The fraction of sp³-hybridized carbons (Fsp3) is 0.125. The number of phenols is 1. The van der Waals surface area contributed by atoms with Crippen molar-refractivity contribution in [1.82, 2.24) is 0 Å². The number of rotatable bonds is 1. The molecule has 0 radical (unpaired) electrons. The van der Waals surface area contributed by atoms with Crippen LogP contribution in [0.1, 0.15) is 5.56 Å². The summed E-state index contributed by atoms with van der Waals surface area (Å²) >= 11 is 0. The average Bonchev–Trinajstić information content (AvgIpc) is 2.00. The Hall–Kier alpha value is -1.63. The first kappa shape index (κ1) is 8.47. The summed E-state index contributed by atoms with van der Waals surface area (Å²) in [6, 6.07) is 3.21. The number of benzene rings is 1. The molecular formula is C8H5F2NO. The molecule has 0 amide bonds. The van der Waals surface area contributed by atoms with Gasteiger partial charge >= 0.3 is 0 Å². The Morgan fingerprint density at radius 2 is 2.08 bits per heavy atom. The number of hydrogen-bond donors (Lipinski definition) is 1. The van der Waals surface area contributed by atoms with Gasteiger partial charge in [-0.1, -0.05) is 0 Å². The van der Waals surface area contributed by atoms with Crippen molar-refractivity contribution in [2.75, 3.05) is 0 Å².